The van der Waals surface area contributed by atoms with E-state index < -0.39 is 5.56 Å². The molecule has 1 amide bonds. The zero-order valence-corrected chi connectivity index (χ0v) is 18.4. The quantitative estimate of drug-likeness (QED) is 0.553. The summed E-state index contributed by atoms with van der Waals surface area (Å²) < 4.78 is 5.18. The fourth-order valence-electron chi connectivity index (χ4n) is 3.82. The minimum Gasteiger partial charge on any atom is -0.385 e. The number of nitriles is 1. The van der Waals surface area contributed by atoms with E-state index in [1.165, 1.54) is 0 Å². The van der Waals surface area contributed by atoms with Gasteiger partial charge in [-0.25, -0.2) is 4.98 Å². The lowest BCUT2D eigenvalue weighted by Gasteiger charge is -2.36. The maximum Gasteiger partial charge on any atom is 0.270 e. The fourth-order valence-corrected chi connectivity index (χ4v) is 3.82. The third kappa shape index (κ3) is 5.21. The Hall–Kier alpha value is -2.96. The second-order valence-electron chi connectivity index (χ2n) is 7.96. The number of aromatic amines is 1. The molecule has 0 unspecified atom stereocenters. The number of rotatable bonds is 10. The third-order valence-electron chi connectivity index (χ3n) is 5.45. The van der Waals surface area contributed by atoms with E-state index in [0.717, 1.165) is 32.4 Å². The molecule has 0 atom stereocenters. The number of carbonyl (C=O) groups excluding carboxylic acids is 1. The average molecular weight is 427 g/mol. The van der Waals surface area contributed by atoms with Crippen LogP contribution in [0.3, 0.4) is 0 Å². The number of ether oxygens (including phenoxy) is 1. The van der Waals surface area contributed by atoms with Crippen molar-refractivity contribution in [1.29, 1.82) is 5.26 Å². The maximum absolute atomic E-state index is 12.7. The van der Waals surface area contributed by atoms with Crippen molar-refractivity contribution < 1.29 is 9.53 Å². The van der Waals surface area contributed by atoms with Crippen molar-refractivity contribution in [3.63, 3.8) is 0 Å². The number of hydrogen-bond donors (Lipinski definition) is 2. The number of nitrogens with one attached hydrogen (secondary N) is 2. The highest BCUT2D eigenvalue weighted by atomic mass is 16.5. The monoisotopic (exact) mass is 426 g/mol. The molecule has 9 nitrogen and oxygen atoms in total. The summed E-state index contributed by atoms with van der Waals surface area (Å²) in [4.78, 5) is 36.8. The van der Waals surface area contributed by atoms with Crippen molar-refractivity contribution in [1.82, 2.24) is 20.2 Å². The molecule has 166 valence electrons. The lowest BCUT2D eigenvalue weighted by atomic mass is 10.1. The van der Waals surface area contributed by atoms with Crippen molar-refractivity contribution in [3.05, 3.63) is 33.7 Å². The van der Waals surface area contributed by atoms with E-state index in [4.69, 9.17) is 4.74 Å². The number of nitrogens with zero attached hydrogens (tertiary/aromatic N) is 4. The number of likely N-dealkylation sites (tertiary alicyclic amines) is 1. The van der Waals surface area contributed by atoms with E-state index >= 15 is 0 Å². The molecule has 1 aliphatic heterocycles. The summed E-state index contributed by atoms with van der Waals surface area (Å²) in [6.07, 6.45) is 2.62. The van der Waals surface area contributed by atoms with Gasteiger partial charge in [0.15, 0.2) is 0 Å². The number of unbranched alkanes of at least 4 members (excludes halogenated alkanes) is 1. The van der Waals surface area contributed by atoms with Gasteiger partial charge in [0.25, 0.3) is 11.5 Å². The van der Waals surface area contributed by atoms with Crippen molar-refractivity contribution >= 4 is 22.6 Å². The summed E-state index contributed by atoms with van der Waals surface area (Å²) >= 11 is 0. The smallest absolute Gasteiger partial charge is 0.270 e. The molecule has 0 bridgehead atoms. The SMILES string of the molecule is CCCCN(CCCOC)c1c(C#N)c(=O)[nH]c2ccc(C(=O)NC3CN(C)C3)nc12. The van der Waals surface area contributed by atoms with E-state index in [2.05, 4.69) is 27.1 Å². The summed E-state index contributed by atoms with van der Waals surface area (Å²) in [5, 5.41) is 12.7. The lowest BCUT2D eigenvalue weighted by molar-refractivity contribution is 0.0853. The Balaban J connectivity index is 2.03. The third-order valence-corrected chi connectivity index (χ3v) is 5.45. The molecule has 2 aromatic heterocycles. The Morgan fingerprint density at radius 1 is 1.39 bits per heavy atom. The van der Waals surface area contributed by atoms with Crippen molar-refractivity contribution in [3.8, 4) is 6.07 Å². The lowest BCUT2D eigenvalue weighted by Crippen LogP contribution is -2.57. The van der Waals surface area contributed by atoms with E-state index in [1.807, 2.05) is 18.0 Å². The minimum absolute atomic E-state index is 0.0201. The van der Waals surface area contributed by atoms with Crippen LogP contribution in [0, 0.1) is 11.3 Å². The van der Waals surface area contributed by atoms with Gasteiger partial charge in [-0.15, -0.1) is 0 Å². The molecule has 0 aliphatic carbocycles. The largest absolute Gasteiger partial charge is 0.385 e. The second-order valence-corrected chi connectivity index (χ2v) is 7.96. The van der Waals surface area contributed by atoms with E-state index in [9.17, 15) is 14.9 Å². The van der Waals surface area contributed by atoms with Crippen LogP contribution < -0.4 is 15.8 Å². The molecule has 3 heterocycles. The number of H-pyrrole nitrogens is 1. The molecule has 0 spiro atoms. The zero-order valence-electron chi connectivity index (χ0n) is 18.4. The molecule has 0 radical (unpaired) electrons. The normalized spacial score (nSPS) is 14.3. The Morgan fingerprint density at radius 3 is 2.77 bits per heavy atom. The first-order chi connectivity index (χ1) is 15.0. The van der Waals surface area contributed by atoms with Gasteiger partial charge in [-0.1, -0.05) is 13.3 Å². The number of methoxy groups -OCH3 is 1. The van der Waals surface area contributed by atoms with Crippen LogP contribution in [0.5, 0.6) is 0 Å². The van der Waals surface area contributed by atoms with Crippen LogP contribution in [0.1, 0.15) is 42.2 Å². The standard InChI is InChI=1S/C22H30N6O3/c1-4-5-9-28(10-6-11-31-3)20-16(12-23)21(29)26-17-7-8-18(25-19(17)20)22(30)24-15-13-27(2)14-15/h7-8,15H,4-6,9-11,13-14H2,1-3H3,(H,24,30)(H,26,29). The number of carbonyl (C=O) groups is 1. The van der Waals surface area contributed by atoms with Crippen LogP contribution in [0.2, 0.25) is 0 Å². The van der Waals surface area contributed by atoms with E-state index in [1.54, 1.807) is 19.2 Å². The summed E-state index contributed by atoms with van der Waals surface area (Å²) in [5.74, 6) is -0.254. The van der Waals surface area contributed by atoms with Gasteiger partial charge in [-0.3, -0.25) is 9.59 Å². The molecule has 2 aromatic rings. The molecule has 1 aliphatic rings. The van der Waals surface area contributed by atoms with Gasteiger partial charge in [0, 0.05) is 39.9 Å². The number of hydrogen-bond acceptors (Lipinski definition) is 7. The van der Waals surface area contributed by atoms with Crippen LogP contribution in [0.4, 0.5) is 5.69 Å². The Labute approximate surface area is 182 Å². The van der Waals surface area contributed by atoms with Gasteiger partial charge in [0.1, 0.15) is 22.8 Å². The molecule has 2 N–H and O–H groups in total. The van der Waals surface area contributed by atoms with Crippen LogP contribution in [-0.4, -0.2) is 73.8 Å². The highest BCUT2D eigenvalue weighted by Gasteiger charge is 2.26. The van der Waals surface area contributed by atoms with Gasteiger partial charge in [0.2, 0.25) is 0 Å². The first-order valence-corrected chi connectivity index (χ1v) is 10.7. The van der Waals surface area contributed by atoms with Crippen LogP contribution >= 0.6 is 0 Å². The van der Waals surface area contributed by atoms with Crippen LogP contribution in [-0.2, 0) is 4.74 Å². The summed E-state index contributed by atoms with van der Waals surface area (Å²) in [7, 11) is 3.64. The number of likely N-dealkylation sites (N-methyl/N-ethyl adjacent to an activating group) is 1. The number of pyridine rings is 2. The molecule has 31 heavy (non-hydrogen) atoms. The Morgan fingerprint density at radius 2 is 2.13 bits per heavy atom. The molecule has 9 heteroatoms. The first kappa shape index (κ1) is 22.7. The number of aromatic nitrogens is 2. The molecule has 0 aromatic carbocycles. The zero-order chi connectivity index (χ0) is 22.4. The second kappa shape index (κ2) is 10.4. The topological polar surface area (TPSA) is 114 Å². The summed E-state index contributed by atoms with van der Waals surface area (Å²) in [6, 6.07) is 5.44. The van der Waals surface area contributed by atoms with Gasteiger partial charge >= 0.3 is 0 Å². The average Bonchev–Trinajstić information content (AvgIpc) is 2.74. The van der Waals surface area contributed by atoms with E-state index in [0.29, 0.717) is 36.4 Å². The molecule has 1 saturated heterocycles. The number of amides is 1. The molecule has 1 fully saturated rings. The molecule has 0 saturated carbocycles. The van der Waals surface area contributed by atoms with Crippen molar-refractivity contribution in [2.24, 2.45) is 0 Å². The van der Waals surface area contributed by atoms with Gasteiger partial charge in [-0.05, 0) is 32.0 Å². The Kier molecular flexibility index (Phi) is 7.60. The van der Waals surface area contributed by atoms with Crippen molar-refractivity contribution in [2.45, 2.75) is 32.2 Å². The highest BCUT2D eigenvalue weighted by Crippen LogP contribution is 2.27. The van der Waals surface area contributed by atoms with Gasteiger partial charge < -0.3 is 24.8 Å². The summed E-state index contributed by atoms with van der Waals surface area (Å²) in [6.45, 7) is 5.57. The van der Waals surface area contributed by atoms with Gasteiger partial charge in [0.05, 0.1) is 17.2 Å². The predicted octanol–water partition coefficient (Wildman–Crippen LogP) is 1.48. The number of fused-ring (bicyclic) bond motifs is 1. The Bertz CT molecular complexity index is 1020. The van der Waals surface area contributed by atoms with E-state index in [-0.39, 0.29) is 23.2 Å². The van der Waals surface area contributed by atoms with Crippen molar-refractivity contribution in [2.75, 3.05) is 51.8 Å². The minimum atomic E-state index is -0.449. The maximum atomic E-state index is 12.7. The van der Waals surface area contributed by atoms with Crippen LogP contribution in [0.25, 0.3) is 11.0 Å². The molecular weight excluding hydrogens is 396 g/mol. The predicted molar refractivity (Wildman–Crippen MR) is 119 cm³/mol. The number of anilines is 1. The molecular formula is C22H30N6O3. The highest BCUT2D eigenvalue weighted by molar-refractivity contribution is 5.98. The van der Waals surface area contributed by atoms with Gasteiger partial charge in [-0.2, -0.15) is 5.26 Å². The first-order valence-electron chi connectivity index (χ1n) is 10.7. The molecule has 3 rings (SSSR count). The summed E-state index contributed by atoms with van der Waals surface area (Å²) in [5.41, 5.74) is 1.30. The van der Waals surface area contributed by atoms with Crippen LogP contribution in [0.15, 0.2) is 16.9 Å². The fraction of sp³-hybridized carbons (Fsp3) is 0.545.